The van der Waals surface area contributed by atoms with Crippen molar-refractivity contribution in [3.05, 3.63) is 18.1 Å². The van der Waals surface area contributed by atoms with Crippen LogP contribution < -0.4 is 10.6 Å². The first kappa shape index (κ1) is 11.3. The topological polar surface area (TPSA) is 55.0 Å². The molecule has 2 heterocycles. The van der Waals surface area contributed by atoms with E-state index in [1.54, 1.807) is 12.4 Å². The molecule has 0 aliphatic carbocycles. The van der Waals surface area contributed by atoms with Gasteiger partial charge in [-0.2, -0.15) is 0 Å². The Hall–Kier alpha value is -1.23. The summed E-state index contributed by atoms with van der Waals surface area (Å²) in [6.07, 6.45) is 8.52. The van der Waals surface area contributed by atoms with Gasteiger partial charge in [0.25, 0.3) is 0 Å². The van der Waals surface area contributed by atoms with Gasteiger partial charge in [0, 0.05) is 13.1 Å². The number of anilines is 1. The fraction of sp³-hybridized carbons (Fsp3) is 0.545. The van der Waals surface area contributed by atoms with Crippen molar-refractivity contribution in [1.29, 1.82) is 0 Å². The quantitative estimate of drug-likeness (QED) is 0.788. The van der Waals surface area contributed by atoms with E-state index in [0.717, 1.165) is 18.9 Å². The van der Waals surface area contributed by atoms with Crippen molar-refractivity contribution in [3.63, 3.8) is 0 Å². The highest BCUT2D eigenvalue weighted by Gasteiger charge is 2.11. The van der Waals surface area contributed by atoms with Crippen molar-refractivity contribution >= 4 is 23.0 Å². The minimum absolute atomic E-state index is 0.301. The summed E-state index contributed by atoms with van der Waals surface area (Å²) in [5, 5.41) is 0. The van der Waals surface area contributed by atoms with Crippen molar-refractivity contribution in [3.8, 4) is 0 Å². The first-order valence-electron chi connectivity index (χ1n) is 5.64. The molecule has 1 aromatic heterocycles. The predicted molar refractivity (Wildman–Crippen MR) is 68.6 cm³/mol. The van der Waals surface area contributed by atoms with Gasteiger partial charge in [0.05, 0.1) is 12.4 Å². The monoisotopic (exact) mass is 236 g/mol. The van der Waals surface area contributed by atoms with Gasteiger partial charge in [-0.1, -0.05) is 25.1 Å². The summed E-state index contributed by atoms with van der Waals surface area (Å²) >= 11 is 4.85. The van der Waals surface area contributed by atoms with Crippen molar-refractivity contribution in [2.75, 3.05) is 18.0 Å². The third-order valence-corrected chi connectivity index (χ3v) is 3.03. The molecule has 1 aromatic rings. The molecule has 0 spiro atoms. The fourth-order valence-electron chi connectivity index (χ4n) is 1.91. The number of hydrogen-bond donors (Lipinski definition) is 1. The molecule has 16 heavy (non-hydrogen) atoms. The Morgan fingerprint density at radius 1 is 1.12 bits per heavy atom. The Balaban J connectivity index is 2.10. The maximum atomic E-state index is 5.48. The summed E-state index contributed by atoms with van der Waals surface area (Å²) in [6, 6.07) is 0. The molecule has 2 N–H and O–H groups in total. The standard InChI is InChI=1S/C11H16N4S/c12-11(16)9-7-14-10(8-13-9)15-5-3-1-2-4-6-15/h7-8H,1-6H2,(H2,12,16). The van der Waals surface area contributed by atoms with Crippen LogP contribution in [0.1, 0.15) is 31.4 Å². The second-order valence-electron chi connectivity index (χ2n) is 4.03. The lowest BCUT2D eigenvalue weighted by atomic mass is 10.2. The molecule has 86 valence electrons. The van der Waals surface area contributed by atoms with Gasteiger partial charge >= 0.3 is 0 Å². The van der Waals surface area contributed by atoms with E-state index in [9.17, 15) is 0 Å². The van der Waals surface area contributed by atoms with E-state index in [-0.39, 0.29) is 0 Å². The van der Waals surface area contributed by atoms with Gasteiger partial charge in [0.1, 0.15) is 16.5 Å². The van der Waals surface area contributed by atoms with Crippen LogP contribution >= 0.6 is 12.2 Å². The summed E-state index contributed by atoms with van der Waals surface area (Å²) in [6.45, 7) is 2.14. The molecule has 1 fully saturated rings. The highest BCUT2D eigenvalue weighted by molar-refractivity contribution is 7.80. The molecule has 0 saturated carbocycles. The maximum Gasteiger partial charge on any atom is 0.147 e. The Bertz CT molecular complexity index is 355. The van der Waals surface area contributed by atoms with Crippen molar-refractivity contribution in [2.45, 2.75) is 25.7 Å². The maximum absolute atomic E-state index is 5.48. The summed E-state index contributed by atoms with van der Waals surface area (Å²) in [5.74, 6) is 0.932. The summed E-state index contributed by atoms with van der Waals surface area (Å²) < 4.78 is 0. The highest BCUT2D eigenvalue weighted by atomic mass is 32.1. The van der Waals surface area contributed by atoms with E-state index in [1.165, 1.54) is 25.7 Å². The summed E-state index contributed by atoms with van der Waals surface area (Å²) in [5.41, 5.74) is 6.07. The highest BCUT2D eigenvalue weighted by Crippen LogP contribution is 2.16. The number of aromatic nitrogens is 2. The number of thiocarbonyl (C=S) groups is 1. The molecule has 0 aromatic carbocycles. The van der Waals surface area contributed by atoms with E-state index in [4.69, 9.17) is 18.0 Å². The lowest BCUT2D eigenvalue weighted by molar-refractivity contribution is 0.726. The van der Waals surface area contributed by atoms with E-state index >= 15 is 0 Å². The molecule has 1 aliphatic heterocycles. The molecule has 0 bridgehead atoms. The van der Waals surface area contributed by atoms with Crippen LogP contribution in [0, 0.1) is 0 Å². The van der Waals surface area contributed by atoms with Crippen molar-refractivity contribution in [2.24, 2.45) is 5.73 Å². The molecule has 5 heteroatoms. The molecule has 2 rings (SSSR count). The third kappa shape index (κ3) is 2.66. The van der Waals surface area contributed by atoms with Crippen LogP contribution in [0.3, 0.4) is 0 Å². The normalized spacial score (nSPS) is 16.9. The molecular formula is C11H16N4S. The predicted octanol–water partition coefficient (Wildman–Crippen LogP) is 1.49. The van der Waals surface area contributed by atoms with Crippen molar-refractivity contribution < 1.29 is 0 Å². The smallest absolute Gasteiger partial charge is 0.147 e. The van der Waals surface area contributed by atoms with Crippen LogP contribution in [-0.2, 0) is 0 Å². The van der Waals surface area contributed by atoms with Gasteiger partial charge in [-0.3, -0.25) is 0 Å². The van der Waals surface area contributed by atoms with Gasteiger partial charge in [-0.25, -0.2) is 9.97 Å². The van der Waals surface area contributed by atoms with E-state index in [2.05, 4.69) is 14.9 Å². The first-order chi connectivity index (χ1) is 7.77. The van der Waals surface area contributed by atoms with Crippen LogP contribution in [0.5, 0.6) is 0 Å². The largest absolute Gasteiger partial charge is 0.388 e. The molecule has 1 saturated heterocycles. The van der Waals surface area contributed by atoms with Gasteiger partial charge in [0.2, 0.25) is 0 Å². The van der Waals surface area contributed by atoms with Crippen LogP contribution in [0.25, 0.3) is 0 Å². The lowest BCUT2D eigenvalue weighted by Crippen LogP contribution is -2.25. The molecule has 1 aliphatic rings. The van der Waals surface area contributed by atoms with Gasteiger partial charge < -0.3 is 10.6 Å². The third-order valence-electron chi connectivity index (χ3n) is 2.82. The first-order valence-corrected chi connectivity index (χ1v) is 6.05. The Morgan fingerprint density at radius 3 is 2.31 bits per heavy atom. The second kappa shape index (κ2) is 5.21. The fourth-order valence-corrected chi connectivity index (χ4v) is 2.02. The summed E-state index contributed by atoms with van der Waals surface area (Å²) in [7, 11) is 0. The lowest BCUT2D eigenvalue weighted by Gasteiger charge is -2.20. The molecule has 0 radical (unpaired) electrons. The molecule has 0 unspecified atom stereocenters. The minimum Gasteiger partial charge on any atom is -0.388 e. The number of nitrogens with two attached hydrogens (primary N) is 1. The van der Waals surface area contributed by atoms with Gasteiger partial charge in [-0.15, -0.1) is 0 Å². The average Bonchev–Trinajstić information content (AvgIpc) is 2.57. The number of rotatable bonds is 2. The van der Waals surface area contributed by atoms with Crippen LogP contribution in [-0.4, -0.2) is 28.0 Å². The Morgan fingerprint density at radius 2 is 1.81 bits per heavy atom. The summed E-state index contributed by atoms with van der Waals surface area (Å²) in [4.78, 5) is 11.2. The zero-order valence-electron chi connectivity index (χ0n) is 9.22. The zero-order valence-corrected chi connectivity index (χ0v) is 10.0. The SMILES string of the molecule is NC(=S)c1cnc(N2CCCCCC2)cn1. The number of hydrogen-bond acceptors (Lipinski definition) is 4. The zero-order chi connectivity index (χ0) is 11.4. The van der Waals surface area contributed by atoms with E-state index in [0.29, 0.717) is 10.7 Å². The minimum atomic E-state index is 0.301. The molecular weight excluding hydrogens is 220 g/mol. The van der Waals surface area contributed by atoms with E-state index < -0.39 is 0 Å². The van der Waals surface area contributed by atoms with Crippen LogP contribution in [0.2, 0.25) is 0 Å². The Labute approximate surface area is 101 Å². The van der Waals surface area contributed by atoms with Crippen LogP contribution in [0.4, 0.5) is 5.82 Å². The van der Waals surface area contributed by atoms with Gasteiger partial charge in [0.15, 0.2) is 0 Å². The molecule has 4 nitrogen and oxygen atoms in total. The molecule has 0 atom stereocenters. The average molecular weight is 236 g/mol. The van der Waals surface area contributed by atoms with Crippen LogP contribution in [0.15, 0.2) is 12.4 Å². The number of nitrogens with zero attached hydrogens (tertiary/aromatic N) is 3. The Kier molecular flexibility index (Phi) is 3.66. The second-order valence-corrected chi connectivity index (χ2v) is 4.47. The van der Waals surface area contributed by atoms with Crippen molar-refractivity contribution in [1.82, 2.24) is 9.97 Å². The molecule has 0 amide bonds. The van der Waals surface area contributed by atoms with E-state index in [1.807, 2.05) is 0 Å². The van der Waals surface area contributed by atoms with Gasteiger partial charge in [-0.05, 0) is 12.8 Å².